The number of allylic oxidation sites excluding steroid dienone is 1. The summed E-state index contributed by atoms with van der Waals surface area (Å²) in [5.41, 5.74) is 2.00. The number of nitrogens with zero attached hydrogens (tertiary/aromatic N) is 4. The number of thiophene rings is 2. The van der Waals surface area contributed by atoms with E-state index >= 15 is 0 Å². The summed E-state index contributed by atoms with van der Waals surface area (Å²) >= 11 is 4.51. The van der Waals surface area contributed by atoms with Gasteiger partial charge in [0.25, 0.3) is 5.56 Å². The molecule has 0 radical (unpaired) electrons. The van der Waals surface area contributed by atoms with Gasteiger partial charge in [0.15, 0.2) is 11.0 Å². The second-order valence-corrected chi connectivity index (χ2v) is 9.71. The summed E-state index contributed by atoms with van der Waals surface area (Å²) in [6.45, 7) is 4.19. The minimum Gasteiger partial charge on any atom is -0.338 e. The number of aromatic nitrogens is 4. The molecule has 0 aliphatic rings. The van der Waals surface area contributed by atoms with E-state index in [4.69, 9.17) is 9.51 Å². The maximum atomic E-state index is 13.4. The van der Waals surface area contributed by atoms with Crippen LogP contribution >= 0.6 is 34.4 Å². The number of thioether (sulfide) groups is 1. The maximum absolute atomic E-state index is 13.4. The minimum absolute atomic E-state index is 0.0580. The Kier molecular flexibility index (Phi) is 6.02. The molecular formula is C23H18N4O2S3. The quantitative estimate of drug-likeness (QED) is 0.163. The topological polar surface area (TPSA) is 73.8 Å². The van der Waals surface area contributed by atoms with Crippen molar-refractivity contribution in [1.82, 2.24) is 19.7 Å². The van der Waals surface area contributed by atoms with Gasteiger partial charge in [-0.1, -0.05) is 59.4 Å². The molecule has 160 valence electrons. The van der Waals surface area contributed by atoms with Gasteiger partial charge in [-0.2, -0.15) is 4.98 Å². The average molecular weight is 479 g/mol. The summed E-state index contributed by atoms with van der Waals surface area (Å²) in [4.78, 5) is 24.4. The molecule has 0 saturated carbocycles. The highest BCUT2D eigenvalue weighted by Crippen LogP contribution is 2.34. The first-order valence-electron chi connectivity index (χ1n) is 9.88. The van der Waals surface area contributed by atoms with Crippen LogP contribution in [0.1, 0.15) is 17.3 Å². The lowest BCUT2D eigenvalue weighted by atomic mass is 10.1. The van der Waals surface area contributed by atoms with Crippen LogP contribution in [-0.2, 0) is 18.7 Å². The Balaban J connectivity index is 1.41. The van der Waals surface area contributed by atoms with Gasteiger partial charge in [-0.15, -0.1) is 29.3 Å². The third-order valence-electron chi connectivity index (χ3n) is 4.80. The average Bonchev–Trinajstić information content (AvgIpc) is 3.56. The van der Waals surface area contributed by atoms with Gasteiger partial charge in [0, 0.05) is 28.8 Å². The van der Waals surface area contributed by atoms with Crippen LogP contribution in [0.5, 0.6) is 0 Å². The molecule has 32 heavy (non-hydrogen) atoms. The summed E-state index contributed by atoms with van der Waals surface area (Å²) in [6, 6.07) is 14.0. The molecule has 5 aromatic rings. The molecule has 0 bridgehead atoms. The van der Waals surface area contributed by atoms with E-state index in [0.717, 1.165) is 20.8 Å². The lowest BCUT2D eigenvalue weighted by molar-refractivity contribution is 0.385. The van der Waals surface area contributed by atoms with Crippen molar-refractivity contribution in [3.05, 3.63) is 93.5 Å². The Hall–Kier alpha value is -3.01. The molecule has 6 nitrogen and oxygen atoms in total. The van der Waals surface area contributed by atoms with Crippen LogP contribution in [0.3, 0.4) is 0 Å². The molecule has 0 amide bonds. The van der Waals surface area contributed by atoms with Crippen LogP contribution in [0.4, 0.5) is 0 Å². The lowest BCUT2D eigenvalue weighted by Crippen LogP contribution is -2.22. The van der Waals surface area contributed by atoms with Crippen molar-refractivity contribution in [2.75, 3.05) is 0 Å². The molecular weight excluding hydrogens is 460 g/mol. The smallest absolute Gasteiger partial charge is 0.263 e. The predicted molar refractivity (Wildman–Crippen MR) is 130 cm³/mol. The lowest BCUT2D eigenvalue weighted by Gasteiger charge is -2.09. The van der Waals surface area contributed by atoms with Crippen LogP contribution in [0, 0.1) is 0 Å². The predicted octanol–water partition coefficient (Wildman–Crippen LogP) is 5.64. The molecule has 0 aliphatic heterocycles. The molecule has 0 unspecified atom stereocenters. The summed E-state index contributed by atoms with van der Waals surface area (Å²) in [7, 11) is 0. The fourth-order valence-corrected chi connectivity index (χ4v) is 5.99. The Labute approximate surface area is 196 Å². The Morgan fingerprint density at radius 2 is 2.00 bits per heavy atom. The maximum Gasteiger partial charge on any atom is 0.263 e. The van der Waals surface area contributed by atoms with Gasteiger partial charge < -0.3 is 4.52 Å². The van der Waals surface area contributed by atoms with Crippen LogP contribution in [0.25, 0.3) is 20.7 Å². The summed E-state index contributed by atoms with van der Waals surface area (Å²) in [5.74, 6) is 1.57. The van der Waals surface area contributed by atoms with E-state index < -0.39 is 0 Å². The zero-order chi connectivity index (χ0) is 21.9. The van der Waals surface area contributed by atoms with Gasteiger partial charge in [-0.25, -0.2) is 4.98 Å². The first-order chi connectivity index (χ1) is 15.7. The van der Waals surface area contributed by atoms with E-state index in [1.807, 2.05) is 53.2 Å². The van der Waals surface area contributed by atoms with Crippen molar-refractivity contribution in [3.63, 3.8) is 0 Å². The van der Waals surface area contributed by atoms with Crippen molar-refractivity contribution < 1.29 is 4.52 Å². The number of rotatable bonds is 8. The highest BCUT2D eigenvalue weighted by atomic mass is 32.2. The molecule has 0 fully saturated rings. The molecule has 0 aliphatic carbocycles. The fourth-order valence-electron chi connectivity index (χ4n) is 3.34. The largest absolute Gasteiger partial charge is 0.338 e. The first-order valence-corrected chi connectivity index (χ1v) is 12.6. The number of hydrogen-bond acceptors (Lipinski definition) is 8. The van der Waals surface area contributed by atoms with E-state index in [-0.39, 0.29) is 5.56 Å². The second-order valence-electron chi connectivity index (χ2n) is 6.96. The van der Waals surface area contributed by atoms with Crippen LogP contribution in [0.15, 0.2) is 80.4 Å². The fraction of sp³-hybridized carbons (Fsp3) is 0.130. The van der Waals surface area contributed by atoms with Crippen molar-refractivity contribution >= 4 is 44.7 Å². The third-order valence-corrected chi connectivity index (χ3v) is 7.53. The van der Waals surface area contributed by atoms with Gasteiger partial charge >= 0.3 is 0 Å². The molecule has 0 spiro atoms. The molecule has 5 rings (SSSR count). The Morgan fingerprint density at radius 1 is 1.12 bits per heavy atom. The van der Waals surface area contributed by atoms with E-state index in [9.17, 15) is 4.79 Å². The normalized spacial score (nSPS) is 11.2. The SMILES string of the molecule is C=CCn1c(SCc2nc(Cc3ccccc3)no2)nc2scc(-c3cccs3)c2c1=O. The molecule has 0 atom stereocenters. The van der Waals surface area contributed by atoms with Gasteiger partial charge in [0.05, 0.1) is 11.1 Å². The molecule has 0 N–H and O–H groups in total. The van der Waals surface area contributed by atoms with E-state index in [1.165, 1.54) is 23.1 Å². The third kappa shape index (κ3) is 4.19. The van der Waals surface area contributed by atoms with E-state index in [1.54, 1.807) is 22.0 Å². The van der Waals surface area contributed by atoms with Crippen molar-refractivity contribution in [2.45, 2.75) is 23.9 Å². The van der Waals surface area contributed by atoms with Crippen molar-refractivity contribution in [2.24, 2.45) is 0 Å². The molecule has 1 aromatic carbocycles. The zero-order valence-electron chi connectivity index (χ0n) is 16.9. The highest BCUT2D eigenvalue weighted by molar-refractivity contribution is 7.98. The van der Waals surface area contributed by atoms with Gasteiger partial charge in [-0.05, 0) is 17.0 Å². The summed E-state index contributed by atoms with van der Waals surface area (Å²) in [5, 5.41) is 9.37. The molecule has 4 aromatic heterocycles. The molecule has 0 saturated heterocycles. The molecule has 4 heterocycles. The van der Waals surface area contributed by atoms with E-state index in [2.05, 4.69) is 16.7 Å². The minimum atomic E-state index is -0.0580. The van der Waals surface area contributed by atoms with Crippen LogP contribution < -0.4 is 5.56 Å². The zero-order valence-corrected chi connectivity index (χ0v) is 19.4. The van der Waals surface area contributed by atoms with E-state index in [0.29, 0.717) is 41.0 Å². The first kappa shape index (κ1) is 20.9. The van der Waals surface area contributed by atoms with Gasteiger partial charge in [-0.3, -0.25) is 9.36 Å². The standard InChI is InChI=1S/C23H18N4O2S3/c1-2-10-27-22(28)20-16(17-9-6-11-30-17)13-31-21(20)25-23(27)32-14-19-24-18(26-29-19)12-15-7-4-3-5-8-15/h2-9,11,13H,1,10,12,14H2. The van der Waals surface area contributed by atoms with Crippen LogP contribution in [-0.4, -0.2) is 19.7 Å². The van der Waals surface area contributed by atoms with Crippen LogP contribution in [0.2, 0.25) is 0 Å². The van der Waals surface area contributed by atoms with Gasteiger partial charge in [0.1, 0.15) is 4.83 Å². The van der Waals surface area contributed by atoms with Crippen molar-refractivity contribution in [3.8, 4) is 10.4 Å². The number of benzene rings is 1. The number of fused-ring (bicyclic) bond motifs is 1. The second kappa shape index (κ2) is 9.23. The van der Waals surface area contributed by atoms with Gasteiger partial charge in [0.2, 0.25) is 5.89 Å². The molecule has 9 heteroatoms. The number of hydrogen-bond donors (Lipinski definition) is 0. The highest BCUT2D eigenvalue weighted by Gasteiger charge is 2.18. The summed E-state index contributed by atoms with van der Waals surface area (Å²) < 4.78 is 7.07. The van der Waals surface area contributed by atoms with Crippen molar-refractivity contribution in [1.29, 1.82) is 0 Å². The summed E-state index contributed by atoms with van der Waals surface area (Å²) in [6.07, 6.45) is 2.32. The monoisotopic (exact) mass is 478 g/mol. The Morgan fingerprint density at radius 3 is 2.78 bits per heavy atom. The Bertz CT molecular complexity index is 1420.